The van der Waals surface area contributed by atoms with Gasteiger partial charge in [0.15, 0.2) is 0 Å². The van der Waals surface area contributed by atoms with Crippen LogP contribution in [0.3, 0.4) is 0 Å². The second kappa shape index (κ2) is 6.72. The van der Waals surface area contributed by atoms with Gasteiger partial charge in [0.1, 0.15) is 6.04 Å². The maximum atomic E-state index is 13.1. The van der Waals surface area contributed by atoms with Gasteiger partial charge in [-0.25, -0.2) is 8.42 Å². The molecule has 3 rings (SSSR count). The Labute approximate surface area is 148 Å². The van der Waals surface area contributed by atoms with Crippen molar-refractivity contribution in [2.45, 2.75) is 24.8 Å². The van der Waals surface area contributed by atoms with Crippen molar-refractivity contribution in [2.24, 2.45) is 5.92 Å². The molecule has 0 aromatic heterocycles. The third kappa shape index (κ3) is 3.30. The molecule has 25 heavy (non-hydrogen) atoms. The normalized spacial score (nSPS) is 18.0. The largest absolute Gasteiger partial charge is 0.322 e. The molecule has 5 nitrogen and oxygen atoms in total. The summed E-state index contributed by atoms with van der Waals surface area (Å²) in [6.07, 6.45) is 1.52. The second-order valence-electron chi connectivity index (χ2n) is 6.23. The minimum Gasteiger partial charge on any atom is -0.322 e. The summed E-state index contributed by atoms with van der Waals surface area (Å²) >= 11 is 0. The van der Waals surface area contributed by atoms with Gasteiger partial charge in [0.2, 0.25) is 5.91 Å². The standard InChI is InChI=1S/C19H20N2O3S/c1-14(2)18-19(22)20-17(15-9-5-3-6-10-15)13-21(18)25(23,24)16-11-7-4-8-12-16/h3-14,18H,1-2H3,(H,20,22). The third-order valence-electron chi connectivity index (χ3n) is 4.09. The Kier molecular flexibility index (Phi) is 4.63. The fourth-order valence-corrected chi connectivity index (χ4v) is 4.48. The Morgan fingerprint density at radius 2 is 1.52 bits per heavy atom. The molecular formula is C19H20N2O3S. The van der Waals surface area contributed by atoms with Crippen LogP contribution in [0, 0.1) is 5.92 Å². The molecule has 0 saturated carbocycles. The van der Waals surface area contributed by atoms with E-state index in [2.05, 4.69) is 5.32 Å². The van der Waals surface area contributed by atoms with E-state index in [4.69, 9.17) is 0 Å². The Bertz CT molecular complexity index is 891. The third-order valence-corrected chi connectivity index (χ3v) is 5.85. The van der Waals surface area contributed by atoms with E-state index in [1.54, 1.807) is 18.2 Å². The van der Waals surface area contributed by atoms with E-state index in [9.17, 15) is 13.2 Å². The molecule has 1 unspecified atom stereocenters. The van der Waals surface area contributed by atoms with E-state index in [1.807, 2.05) is 44.2 Å². The summed E-state index contributed by atoms with van der Waals surface area (Å²) in [5, 5.41) is 2.83. The first-order chi connectivity index (χ1) is 11.9. The molecule has 2 aromatic carbocycles. The van der Waals surface area contributed by atoms with Crippen molar-refractivity contribution in [1.82, 2.24) is 9.62 Å². The summed E-state index contributed by atoms with van der Waals surface area (Å²) < 4.78 is 27.4. The number of nitrogens with zero attached hydrogens (tertiary/aromatic N) is 1. The molecule has 1 N–H and O–H groups in total. The van der Waals surface area contributed by atoms with Gasteiger partial charge in [-0.15, -0.1) is 0 Å². The van der Waals surface area contributed by atoms with Gasteiger partial charge in [-0.2, -0.15) is 0 Å². The maximum absolute atomic E-state index is 13.1. The smallest absolute Gasteiger partial charge is 0.264 e. The van der Waals surface area contributed by atoms with Gasteiger partial charge in [-0.1, -0.05) is 62.4 Å². The molecular weight excluding hydrogens is 336 g/mol. The predicted octanol–water partition coefficient (Wildman–Crippen LogP) is 2.83. The minimum absolute atomic E-state index is 0.166. The number of amides is 1. The number of sulfonamides is 1. The summed E-state index contributed by atoms with van der Waals surface area (Å²) in [6, 6.07) is 16.6. The fourth-order valence-electron chi connectivity index (χ4n) is 2.86. The number of benzene rings is 2. The van der Waals surface area contributed by atoms with Gasteiger partial charge in [0.05, 0.1) is 10.6 Å². The molecule has 1 heterocycles. The van der Waals surface area contributed by atoms with Crippen molar-refractivity contribution in [2.75, 3.05) is 0 Å². The van der Waals surface area contributed by atoms with Crippen LogP contribution in [-0.4, -0.2) is 24.7 Å². The molecule has 1 amide bonds. The number of hydrogen-bond acceptors (Lipinski definition) is 3. The lowest BCUT2D eigenvalue weighted by Gasteiger charge is -2.36. The van der Waals surface area contributed by atoms with Gasteiger partial charge in [0.25, 0.3) is 10.0 Å². The average molecular weight is 356 g/mol. The summed E-state index contributed by atoms with van der Waals surface area (Å²) in [5.74, 6) is -0.497. The SMILES string of the molecule is CC(C)C1C(=O)NC(c2ccccc2)=CN1S(=O)(=O)c1ccccc1. The molecule has 1 aliphatic heterocycles. The molecule has 0 spiro atoms. The Morgan fingerprint density at radius 3 is 2.08 bits per heavy atom. The predicted molar refractivity (Wildman–Crippen MR) is 96.7 cm³/mol. The van der Waals surface area contributed by atoms with Crippen molar-refractivity contribution in [3.05, 3.63) is 72.4 Å². The van der Waals surface area contributed by atoms with Crippen LogP contribution in [0.4, 0.5) is 0 Å². The van der Waals surface area contributed by atoms with E-state index < -0.39 is 16.1 Å². The van der Waals surface area contributed by atoms with E-state index >= 15 is 0 Å². The first-order valence-corrected chi connectivity index (χ1v) is 9.52. The number of carbonyl (C=O) groups excluding carboxylic acids is 1. The Hall–Kier alpha value is -2.60. The fraction of sp³-hybridized carbons (Fsp3) is 0.211. The molecule has 2 aromatic rings. The zero-order valence-corrected chi connectivity index (χ0v) is 14.9. The zero-order valence-electron chi connectivity index (χ0n) is 14.1. The van der Waals surface area contributed by atoms with Crippen LogP contribution in [0.1, 0.15) is 19.4 Å². The van der Waals surface area contributed by atoms with Crippen molar-refractivity contribution < 1.29 is 13.2 Å². The van der Waals surface area contributed by atoms with E-state index in [1.165, 1.54) is 22.6 Å². The monoisotopic (exact) mass is 356 g/mol. The van der Waals surface area contributed by atoms with Gasteiger partial charge in [-0.05, 0) is 23.6 Å². The van der Waals surface area contributed by atoms with E-state index in [0.717, 1.165) is 5.56 Å². The van der Waals surface area contributed by atoms with Crippen molar-refractivity contribution in [1.29, 1.82) is 0 Å². The summed E-state index contributed by atoms with van der Waals surface area (Å²) in [7, 11) is -3.83. The molecule has 0 radical (unpaired) electrons. The Balaban J connectivity index is 2.13. The maximum Gasteiger partial charge on any atom is 0.264 e. The van der Waals surface area contributed by atoms with Crippen molar-refractivity contribution in [3.8, 4) is 0 Å². The molecule has 1 atom stereocenters. The molecule has 0 aliphatic carbocycles. The van der Waals surface area contributed by atoms with Crippen LogP contribution < -0.4 is 5.32 Å². The highest BCUT2D eigenvalue weighted by Crippen LogP contribution is 2.28. The number of nitrogens with one attached hydrogen (secondary N) is 1. The summed E-state index contributed by atoms with van der Waals surface area (Å²) in [5.41, 5.74) is 1.23. The van der Waals surface area contributed by atoms with Crippen molar-refractivity contribution in [3.63, 3.8) is 0 Å². The van der Waals surface area contributed by atoms with Crippen LogP contribution in [-0.2, 0) is 14.8 Å². The van der Waals surface area contributed by atoms with E-state index in [0.29, 0.717) is 5.70 Å². The zero-order chi connectivity index (χ0) is 18.0. The first-order valence-electron chi connectivity index (χ1n) is 8.08. The van der Waals surface area contributed by atoms with Gasteiger partial charge >= 0.3 is 0 Å². The van der Waals surface area contributed by atoms with Gasteiger partial charge < -0.3 is 5.32 Å². The highest BCUT2D eigenvalue weighted by molar-refractivity contribution is 7.89. The lowest BCUT2D eigenvalue weighted by atomic mass is 10.0. The molecule has 1 aliphatic rings. The van der Waals surface area contributed by atoms with Crippen LogP contribution in [0.2, 0.25) is 0 Å². The Morgan fingerprint density at radius 1 is 0.960 bits per heavy atom. The molecule has 0 bridgehead atoms. The molecule has 130 valence electrons. The molecule has 0 fully saturated rings. The van der Waals surface area contributed by atoms with Crippen molar-refractivity contribution >= 4 is 21.6 Å². The highest BCUT2D eigenvalue weighted by Gasteiger charge is 2.39. The second-order valence-corrected chi connectivity index (χ2v) is 8.08. The minimum atomic E-state index is -3.83. The quantitative estimate of drug-likeness (QED) is 0.916. The van der Waals surface area contributed by atoms with Gasteiger partial charge in [0, 0.05) is 6.20 Å². The van der Waals surface area contributed by atoms with Crippen LogP contribution in [0.15, 0.2) is 71.8 Å². The summed E-state index contributed by atoms with van der Waals surface area (Å²) in [4.78, 5) is 12.8. The topological polar surface area (TPSA) is 66.5 Å². The molecule has 6 heteroatoms. The van der Waals surface area contributed by atoms with Gasteiger partial charge in [-0.3, -0.25) is 9.10 Å². The first kappa shape index (κ1) is 17.2. The van der Waals surface area contributed by atoms with Crippen LogP contribution >= 0.6 is 0 Å². The average Bonchev–Trinajstić information content (AvgIpc) is 2.62. The summed E-state index contributed by atoms with van der Waals surface area (Å²) in [6.45, 7) is 3.66. The lowest BCUT2D eigenvalue weighted by Crippen LogP contribution is -2.53. The highest BCUT2D eigenvalue weighted by atomic mass is 32.2. The van der Waals surface area contributed by atoms with Crippen LogP contribution in [0.25, 0.3) is 5.70 Å². The lowest BCUT2D eigenvalue weighted by molar-refractivity contribution is -0.124. The number of hydrogen-bond donors (Lipinski definition) is 1. The molecule has 0 saturated heterocycles. The number of rotatable bonds is 4. The van der Waals surface area contributed by atoms with Crippen LogP contribution in [0.5, 0.6) is 0 Å². The number of carbonyl (C=O) groups is 1. The van der Waals surface area contributed by atoms with E-state index in [-0.39, 0.29) is 16.7 Å².